The third-order valence-corrected chi connectivity index (χ3v) is 3.42. The van der Waals surface area contributed by atoms with Gasteiger partial charge in [0.15, 0.2) is 0 Å². The molecule has 0 radical (unpaired) electrons. The molecule has 0 N–H and O–H groups in total. The molecule has 0 heteroatoms. The summed E-state index contributed by atoms with van der Waals surface area (Å²) in [6.45, 7) is 13.5. The lowest BCUT2D eigenvalue weighted by Crippen LogP contribution is -2.35. The fourth-order valence-corrected chi connectivity index (χ4v) is 3.22. The normalized spacial score (nSPS) is 40.8. The van der Waals surface area contributed by atoms with Crippen LogP contribution in [0.25, 0.3) is 0 Å². The zero-order chi connectivity index (χ0) is 9.35. The van der Waals surface area contributed by atoms with E-state index in [0.29, 0.717) is 11.3 Å². The third-order valence-electron chi connectivity index (χ3n) is 3.42. The van der Waals surface area contributed by atoms with Crippen molar-refractivity contribution in [2.24, 2.45) is 23.2 Å². The second-order valence-corrected chi connectivity index (χ2v) is 5.27. The first-order valence-electron chi connectivity index (χ1n) is 5.10. The maximum atomic E-state index is 3.96. The molecule has 0 spiro atoms. The highest BCUT2D eigenvalue weighted by atomic mass is 14.4. The second kappa shape index (κ2) is 3.24. The molecule has 0 saturated heterocycles. The van der Waals surface area contributed by atoms with E-state index in [9.17, 15) is 0 Å². The maximum Gasteiger partial charge on any atom is -0.0159 e. The van der Waals surface area contributed by atoms with Gasteiger partial charge in [-0.3, -0.25) is 0 Å². The quantitative estimate of drug-likeness (QED) is 0.519. The molecule has 0 amide bonds. The molecule has 0 bridgehead atoms. The lowest BCUT2D eigenvalue weighted by molar-refractivity contribution is 0.0843. The van der Waals surface area contributed by atoms with Gasteiger partial charge in [-0.15, -0.1) is 6.58 Å². The standard InChI is InChI=1S/C12H22/c1-6-11-10(3)7-9(2)8-12(11,4)5/h6,9-11H,1,7-8H2,2-5H3. The van der Waals surface area contributed by atoms with Crippen molar-refractivity contribution in [2.45, 2.75) is 40.5 Å². The largest absolute Gasteiger partial charge is 0.103 e. The second-order valence-electron chi connectivity index (χ2n) is 5.27. The van der Waals surface area contributed by atoms with Crippen molar-refractivity contribution in [3.05, 3.63) is 12.7 Å². The van der Waals surface area contributed by atoms with Crippen LogP contribution < -0.4 is 0 Å². The lowest BCUT2D eigenvalue weighted by atomic mass is 9.61. The predicted molar refractivity (Wildman–Crippen MR) is 55.0 cm³/mol. The summed E-state index contributed by atoms with van der Waals surface area (Å²) in [4.78, 5) is 0. The molecule has 1 saturated carbocycles. The third kappa shape index (κ3) is 1.73. The summed E-state index contributed by atoms with van der Waals surface area (Å²) < 4.78 is 0. The monoisotopic (exact) mass is 166 g/mol. The van der Waals surface area contributed by atoms with Gasteiger partial charge in [-0.1, -0.05) is 33.8 Å². The molecule has 0 aromatic heterocycles. The Morgan fingerprint density at radius 1 is 1.33 bits per heavy atom. The molecule has 1 fully saturated rings. The zero-order valence-corrected chi connectivity index (χ0v) is 8.93. The van der Waals surface area contributed by atoms with E-state index in [-0.39, 0.29) is 0 Å². The molecule has 70 valence electrons. The van der Waals surface area contributed by atoms with Gasteiger partial charge in [-0.2, -0.15) is 0 Å². The molecular formula is C12H22. The molecule has 0 aromatic carbocycles. The molecule has 0 aromatic rings. The van der Waals surface area contributed by atoms with Crippen LogP contribution in [0.4, 0.5) is 0 Å². The maximum absolute atomic E-state index is 3.96. The van der Waals surface area contributed by atoms with Crippen LogP contribution in [0.15, 0.2) is 12.7 Å². The molecule has 1 aliphatic carbocycles. The molecule has 0 nitrogen and oxygen atoms in total. The van der Waals surface area contributed by atoms with Crippen molar-refractivity contribution < 1.29 is 0 Å². The fraction of sp³-hybridized carbons (Fsp3) is 0.833. The molecule has 12 heavy (non-hydrogen) atoms. The van der Waals surface area contributed by atoms with E-state index in [1.54, 1.807) is 0 Å². The Balaban J connectivity index is 2.77. The summed E-state index contributed by atoms with van der Waals surface area (Å²) >= 11 is 0. The van der Waals surface area contributed by atoms with Gasteiger partial charge in [-0.05, 0) is 36.0 Å². The summed E-state index contributed by atoms with van der Waals surface area (Å²) in [5, 5.41) is 0. The van der Waals surface area contributed by atoms with Crippen molar-refractivity contribution in [1.82, 2.24) is 0 Å². The number of allylic oxidation sites excluding steroid dienone is 1. The van der Waals surface area contributed by atoms with Gasteiger partial charge in [0.05, 0.1) is 0 Å². The van der Waals surface area contributed by atoms with E-state index in [4.69, 9.17) is 0 Å². The summed E-state index contributed by atoms with van der Waals surface area (Å²) in [5.41, 5.74) is 0.471. The van der Waals surface area contributed by atoms with Crippen LogP contribution in [0.1, 0.15) is 40.5 Å². The minimum Gasteiger partial charge on any atom is -0.103 e. The van der Waals surface area contributed by atoms with E-state index in [2.05, 4.69) is 40.3 Å². The number of hydrogen-bond acceptors (Lipinski definition) is 0. The van der Waals surface area contributed by atoms with Crippen molar-refractivity contribution >= 4 is 0 Å². The summed E-state index contributed by atoms with van der Waals surface area (Å²) in [5.74, 6) is 2.43. The highest BCUT2D eigenvalue weighted by Crippen LogP contribution is 2.46. The van der Waals surface area contributed by atoms with Gasteiger partial charge < -0.3 is 0 Å². The Morgan fingerprint density at radius 3 is 2.33 bits per heavy atom. The Labute approximate surface area is 77.1 Å². The van der Waals surface area contributed by atoms with Crippen LogP contribution in [0.5, 0.6) is 0 Å². The lowest BCUT2D eigenvalue weighted by Gasteiger charge is -2.44. The molecule has 1 aliphatic rings. The fourth-order valence-electron chi connectivity index (χ4n) is 3.22. The smallest absolute Gasteiger partial charge is 0.0159 e. The Kier molecular flexibility index (Phi) is 2.65. The molecule has 0 heterocycles. The molecule has 0 aliphatic heterocycles. The van der Waals surface area contributed by atoms with E-state index in [0.717, 1.165) is 11.8 Å². The Hall–Kier alpha value is -0.260. The van der Waals surface area contributed by atoms with E-state index < -0.39 is 0 Å². The van der Waals surface area contributed by atoms with Crippen LogP contribution in [0.3, 0.4) is 0 Å². The summed E-state index contributed by atoms with van der Waals surface area (Å²) in [6, 6.07) is 0. The minimum absolute atomic E-state index is 0.471. The van der Waals surface area contributed by atoms with Crippen LogP contribution in [0, 0.1) is 23.2 Å². The van der Waals surface area contributed by atoms with Crippen LogP contribution >= 0.6 is 0 Å². The van der Waals surface area contributed by atoms with Gasteiger partial charge in [0.25, 0.3) is 0 Å². The van der Waals surface area contributed by atoms with Gasteiger partial charge in [0.2, 0.25) is 0 Å². The van der Waals surface area contributed by atoms with Crippen molar-refractivity contribution in [3.63, 3.8) is 0 Å². The van der Waals surface area contributed by atoms with Crippen molar-refractivity contribution in [3.8, 4) is 0 Å². The average Bonchev–Trinajstić information content (AvgIpc) is 1.82. The van der Waals surface area contributed by atoms with Gasteiger partial charge in [0, 0.05) is 0 Å². The highest BCUT2D eigenvalue weighted by Gasteiger charge is 2.37. The van der Waals surface area contributed by atoms with Crippen molar-refractivity contribution in [1.29, 1.82) is 0 Å². The minimum atomic E-state index is 0.471. The highest BCUT2D eigenvalue weighted by molar-refractivity contribution is 4.97. The topological polar surface area (TPSA) is 0 Å². The summed E-state index contributed by atoms with van der Waals surface area (Å²) in [6.07, 6.45) is 4.89. The SMILES string of the molecule is C=CC1C(C)CC(C)CC1(C)C. The van der Waals surface area contributed by atoms with Crippen molar-refractivity contribution in [2.75, 3.05) is 0 Å². The van der Waals surface area contributed by atoms with Gasteiger partial charge >= 0.3 is 0 Å². The predicted octanol–water partition coefficient (Wildman–Crippen LogP) is 3.88. The number of rotatable bonds is 1. The first-order valence-corrected chi connectivity index (χ1v) is 5.10. The van der Waals surface area contributed by atoms with E-state index in [1.165, 1.54) is 12.8 Å². The van der Waals surface area contributed by atoms with E-state index >= 15 is 0 Å². The van der Waals surface area contributed by atoms with Gasteiger partial charge in [0.1, 0.15) is 0 Å². The zero-order valence-electron chi connectivity index (χ0n) is 8.93. The molecule has 3 atom stereocenters. The van der Waals surface area contributed by atoms with E-state index in [1.807, 2.05) is 0 Å². The molecular weight excluding hydrogens is 144 g/mol. The Morgan fingerprint density at radius 2 is 1.92 bits per heavy atom. The first kappa shape index (κ1) is 9.83. The van der Waals surface area contributed by atoms with Crippen LogP contribution in [-0.2, 0) is 0 Å². The summed E-state index contributed by atoms with van der Waals surface area (Å²) in [7, 11) is 0. The number of hydrogen-bond donors (Lipinski definition) is 0. The molecule has 1 rings (SSSR count). The van der Waals surface area contributed by atoms with Crippen LogP contribution in [0.2, 0.25) is 0 Å². The van der Waals surface area contributed by atoms with Gasteiger partial charge in [-0.25, -0.2) is 0 Å². The average molecular weight is 166 g/mol. The molecule has 3 unspecified atom stereocenters. The van der Waals surface area contributed by atoms with Crippen LogP contribution in [-0.4, -0.2) is 0 Å². The Bertz CT molecular complexity index is 167. The first-order chi connectivity index (χ1) is 5.47.